The van der Waals surface area contributed by atoms with E-state index in [1.807, 2.05) is 21.3 Å². The molecule has 0 fully saturated rings. The van der Waals surface area contributed by atoms with E-state index in [4.69, 9.17) is 44.3 Å². The van der Waals surface area contributed by atoms with Gasteiger partial charge in [-0.25, -0.2) is 29.9 Å². The fourth-order valence-corrected chi connectivity index (χ4v) is 4.92. The van der Waals surface area contributed by atoms with E-state index >= 15 is 0 Å². The molecular weight excluding hydrogens is 695 g/mol. The van der Waals surface area contributed by atoms with Crippen LogP contribution in [0.5, 0.6) is 12.0 Å². The highest BCUT2D eigenvalue weighted by atomic mass is 79.9. The van der Waals surface area contributed by atoms with Gasteiger partial charge in [-0.15, -0.1) is 0 Å². The van der Waals surface area contributed by atoms with E-state index in [0.29, 0.717) is 34.5 Å². The predicted octanol–water partition coefficient (Wildman–Crippen LogP) is 7.70. The molecule has 0 saturated carbocycles. The zero-order valence-electron chi connectivity index (χ0n) is 24.6. The van der Waals surface area contributed by atoms with E-state index in [-0.39, 0.29) is 16.6 Å². The molecule has 0 aliphatic rings. The van der Waals surface area contributed by atoms with Gasteiger partial charge in [-0.1, -0.05) is 11.6 Å². The highest BCUT2D eigenvalue weighted by Gasteiger charge is 2.16. The summed E-state index contributed by atoms with van der Waals surface area (Å²) in [4.78, 5) is 32.6. The fraction of sp³-hybridized carbons (Fsp3) is 0.286. The van der Waals surface area contributed by atoms with Crippen molar-refractivity contribution in [3.63, 3.8) is 0 Å². The number of ether oxygens (including phenoxy) is 2. The molecule has 12 nitrogen and oxygen atoms in total. The third-order valence-corrected chi connectivity index (χ3v) is 6.92. The second-order valence-electron chi connectivity index (χ2n) is 9.55. The Labute approximate surface area is 276 Å². The predicted molar refractivity (Wildman–Crippen MR) is 175 cm³/mol. The lowest BCUT2D eigenvalue weighted by Gasteiger charge is -2.11. The molecule has 16 heteroatoms. The Morgan fingerprint density at radius 3 is 1.68 bits per heavy atom. The van der Waals surface area contributed by atoms with Gasteiger partial charge in [0.05, 0.1) is 30.9 Å². The fourth-order valence-electron chi connectivity index (χ4n) is 4.13. The van der Waals surface area contributed by atoms with Crippen LogP contribution in [0.4, 0.5) is 0 Å². The third kappa shape index (κ3) is 7.89. The molecule has 0 unspecified atom stereocenters. The van der Waals surface area contributed by atoms with Crippen molar-refractivity contribution in [3.05, 3.63) is 69.2 Å². The molecule has 0 aliphatic heterocycles. The molecule has 6 rings (SSSR count). The van der Waals surface area contributed by atoms with Gasteiger partial charge in [0.1, 0.15) is 5.15 Å². The monoisotopic (exact) mass is 720 g/mol. The van der Waals surface area contributed by atoms with Crippen LogP contribution in [-0.2, 0) is 0 Å². The zero-order valence-corrected chi connectivity index (χ0v) is 28.4. The number of fused-ring (bicyclic) bond motifs is 2. The number of rotatable bonds is 5. The van der Waals surface area contributed by atoms with E-state index in [9.17, 15) is 0 Å². The number of hydrogen-bond acceptors (Lipinski definition) is 10. The van der Waals surface area contributed by atoms with Crippen LogP contribution in [0.15, 0.2) is 53.5 Å². The molecule has 0 aliphatic carbocycles. The number of aromatic nitrogens is 10. The standard InChI is InChI=1S/C14H14ClN5O.C10H12BrN3O.C4H2Cl2N2/c1-8(2)20-11-6-9(10-4-5-16-13(15)18-10)7-17-12(11)19-14(20)21-3;1-6(2)14-8-4-7(11)5-12-9(8)13-10(14)15-3;5-3-1-2-7-4(6)8-3/h4-8H,1-3H3;4-6H,1-3H3;1-2H. The average Bonchev–Trinajstić information content (AvgIpc) is 3.55. The Kier molecular flexibility index (Phi) is 11.2. The summed E-state index contributed by atoms with van der Waals surface area (Å²) in [5.41, 5.74) is 4.81. The maximum Gasteiger partial charge on any atom is 0.298 e. The Morgan fingerprint density at radius 2 is 1.20 bits per heavy atom. The molecule has 44 heavy (non-hydrogen) atoms. The molecule has 6 aromatic rings. The second-order valence-corrected chi connectivity index (χ2v) is 11.5. The highest BCUT2D eigenvalue weighted by Crippen LogP contribution is 2.28. The van der Waals surface area contributed by atoms with E-state index < -0.39 is 0 Å². The van der Waals surface area contributed by atoms with Crippen LogP contribution in [0.1, 0.15) is 39.8 Å². The first-order valence-corrected chi connectivity index (χ1v) is 15.1. The van der Waals surface area contributed by atoms with Crippen molar-refractivity contribution in [2.75, 3.05) is 14.2 Å². The van der Waals surface area contributed by atoms with Gasteiger partial charge in [0.15, 0.2) is 11.3 Å². The number of methoxy groups -OCH3 is 2. The maximum atomic E-state index is 5.84. The summed E-state index contributed by atoms with van der Waals surface area (Å²) in [7, 11) is 3.22. The molecule has 0 saturated heterocycles. The summed E-state index contributed by atoms with van der Waals surface area (Å²) in [5.74, 6) is 0. The molecule has 0 N–H and O–H groups in total. The third-order valence-electron chi connectivity index (χ3n) is 5.91. The normalized spacial score (nSPS) is 10.9. The zero-order chi connectivity index (χ0) is 32.0. The van der Waals surface area contributed by atoms with Crippen molar-refractivity contribution >= 4 is 73.1 Å². The van der Waals surface area contributed by atoms with E-state index in [2.05, 4.69) is 83.5 Å². The van der Waals surface area contributed by atoms with Crippen LogP contribution in [-0.4, -0.2) is 63.2 Å². The minimum atomic E-state index is 0.178. The quantitative estimate of drug-likeness (QED) is 0.129. The van der Waals surface area contributed by atoms with Crippen LogP contribution < -0.4 is 9.47 Å². The topological polar surface area (TPSA) is 131 Å². The van der Waals surface area contributed by atoms with Crippen molar-refractivity contribution in [1.82, 2.24) is 49.0 Å². The lowest BCUT2D eigenvalue weighted by molar-refractivity contribution is 0.350. The summed E-state index contributed by atoms with van der Waals surface area (Å²) >= 11 is 20.0. The number of halogens is 4. The van der Waals surface area contributed by atoms with Gasteiger partial charge >= 0.3 is 0 Å². The van der Waals surface area contributed by atoms with Crippen LogP contribution in [0.3, 0.4) is 0 Å². The van der Waals surface area contributed by atoms with Crippen molar-refractivity contribution in [2.45, 2.75) is 39.8 Å². The van der Waals surface area contributed by atoms with Crippen LogP contribution >= 0.6 is 50.7 Å². The van der Waals surface area contributed by atoms with Crippen LogP contribution in [0.2, 0.25) is 15.7 Å². The average molecular weight is 723 g/mol. The highest BCUT2D eigenvalue weighted by molar-refractivity contribution is 9.10. The molecule has 0 amide bonds. The molecule has 0 radical (unpaired) electrons. The van der Waals surface area contributed by atoms with E-state index in [1.165, 1.54) is 6.20 Å². The molecule has 230 valence electrons. The molecular formula is C28H28BrCl3N10O2. The van der Waals surface area contributed by atoms with E-state index in [0.717, 1.165) is 26.8 Å². The first-order chi connectivity index (χ1) is 21.0. The Morgan fingerprint density at radius 1 is 0.682 bits per heavy atom. The number of imidazole rings is 2. The minimum absolute atomic E-state index is 0.178. The second kappa shape index (κ2) is 14.9. The number of nitrogens with zero attached hydrogens (tertiary/aromatic N) is 10. The maximum absolute atomic E-state index is 5.84. The molecule has 6 heterocycles. The van der Waals surface area contributed by atoms with Gasteiger partial charge in [-0.05, 0) is 91.1 Å². The Bertz CT molecular complexity index is 1860. The van der Waals surface area contributed by atoms with Crippen molar-refractivity contribution < 1.29 is 9.47 Å². The van der Waals surface area contributed by atoms with Gasteiger partial charge in [-0.3, -0.25) is 9.13 Å². The summed E-state index contributed by atoms with van der Waals surface area (Å²) in [6.45, 7) is 8.31. The smallest absolute Gasteiger partial charge is 0.298 e. The van der Waals surface area contributed by atoms with Gasteiger partial charge in [0.25, 0.3) is 12.0 Å². The Balaban J connectivity index is 0.000000167. The lowest BCUT2D eigenvalue weighted by Crippen LogP contribution is -2.03. The van der Waals surface area contributed by atoms with Crippen LogP contribution in [0.25, 0.3) is 33.6 Å². The summed E-state index contributed by atoms with van der Waals surface area (Å²) in [5, 5.41) is 0.755. The van der Waals surface area contributed by atoms with Crippen LogP contribution in [0, 0.1) is 0 Å². The van der Waals surface area contributed by atoms with E-state index in [1.54, 1.807) is 44.9 Å². The van der Waals surface area contributed by atoms with Gasteiger partial charge in [0.2, 0.25) is 10.6 Å². The molecule has 0 spiro atoms. The summed E-state index contributed by atoms with van der Waals surface area (Å²) in [6, 6.07) is 8.98. The van der Waals surface area contributed by atoms with Crippen molar-refractivity contribution in [1.29, 1.82) is 0 Å². The first-order valence-electron chi connectivity index (χ1n) is 13.1. The van der Waals surface area contributed by atoms with Gasteiger partial charge in [-0.2, -0.15) is 9.97 Å². The minimum Gasteiger partial charge on any atom is -0.468 e. The largest absolute Gasteiger partial charge is 0.468 e. The number of hydrogen-bond donors (Lipinski definition) is 0. The number of pyridine rings is 2. The molecule has 0 aromatic carbocycles. The van der Waals surface area contributed by atoms with Gasteiger partial charge < -0.3 is 9.47 Å². The van der Waals surface area contributed by atoms with Crippen molar-refractivity contribution in [3.8, 4) is 23.3 Å². The molecule has 0 atom stereocenters. The summed E-state index contributed by atoms with van der Waals surface area (Å²) in [6.07, 6.45) is 6.57. The first kappa shape index (κ1) is 33.2. The lowest BCUT2D eigenvalue weighted by atomic mass is 10.2. The van der Waals surface area contributed by atoms with Gasteiger partial charge in [0, 0.05) is 46.9 Å². The molecule has 0 bridgehead atoms. The van der Waals surface area contributed by atoms with Crippen molar-refractivity contribution in [2.24, 2.45) is 0 Å². The summed E-state index contributed by atoms with van der Waals surface area (Å²) < 4.78 is 15.5. The molecule has 6 aromatic heterocycles. The Hall–Kier alpha value is -3.65. The SMILES string of the molecule is COc1nc2ncc(-c3ccnc(Cl)n3)cc2n1C(C)C.COc1nc2ncc(Br)cc2n1C(C)C.Clc1ccnc(Cl)n1.